The molecule has 0 aromatic heterocycles. The molecule has 1 aliphatic rings. The number of fused-ring (bicyclic) bond motifs is 1. The quantitative estimate of drug-likeness (QED) is 0.0964. The Morgan fingerprint density at radius 3 is 1.98 bits per heavy atom. The zero-order valence-corrected chi connectivity index (χ0v) is 28.2. The van der Waals surface area contributed by atoms with Crippen molar-refractivity contribution in [1.29, 1.82) is 0 Å². The van der Waals surface area contributed by atoms with Crippen molar-refractivity contribution >= 4 is 33.2 Å². The molecular formula is C39H37N3O6S. The molecule has 0 fully saturated rings. The normalized spacial score (nSPS) is 12.5. The summed E-state index contributed by atoms with van der Waals surface area (Å²) in [6.07, 6.45) is 1.65. The minimum absolute atomic E-state index is 0.267. The lowest BCUT2D eigenvalue weighted by Crippen LogP contribution is -2.31. The highest BCUT2D eigenvalue weighted by atomic mass is 32.2. The predicted octanol–water partition coefficient (Wildman–Crippen LogP) is 7.43. The minimum Gasteiger partial charge on any atom is -0.493 e. The molecule has 9 nitrogen and oxygen atoms in total. The van der Waals surface area contributed by atoms with Gasteiger partial charge in [-0.2, -0.15) is 0 Å². The standard InChI is InChI=1S/C39H37N3O6S/c1-28-36(40-49(2,45)46)17-9-18-37(28)41(26-29-11-4-3-5-12-29)27-30-19-21-31(22-20-30)48-33-14-8-13-32(25-33)47-24-10-23-42-38(43)34-15-6-7-16-35(34)39(42)44/h3-9,11-22,25,40H,10,23-24,26-27H2,1-2H3. The molecule has 6 rings (SSSR count). The SMILES string of the molecule is Cc1c(NS(C)(=O)=O)cccc1N(Cc1ccccc1)Cc1ccc(Oc2cccc(OCCCN3C(=O)c4ccccc4C3=O)c2)cc1. The third kappa shape index (κ3) is 8.28. The van der Waals surface area contributed by atoms with Crippen molar-refractivity contribution in [2.45, 2.75) is 26.4 Å². The summed E-state index contributed by atoms with van der Waals surface area (Å²) >= 11 is 0. The van der Waals surface area contributed by atoms with Gasteiger partial charge in [-0.15, -0.1) is 0 Å². The Morgan fingerprint density at radius 1 is 0.694 bits per heavy atom. The Hall–Kier alpha value is -5.61. The Morgan fingerprint density at radius 2 is 1.31 bits per heavy atom. The zero-order valence-electron chi connectivity index (χ0n) is 27.3. The third-order valence-corrected chi connectivity index (χ3v) is 8.76. The molecule has 5 aromatic rings. The van der Waals surface area contributed by atoms with E-state index in [9.17, 15) is 18.0 Å². The van der Waals surface area contributed by atoms with Crippen LogP contribution in [-0.4, -0.2) is 44.5 Å². The van der Waals surface area contributed by atoms with Crippen molar-refractivity contribution in [3.05, 3.63) is 149 Å². The van der Waals surface area contributed by atoms with Crippen molar-refractivity contribution in [3.63, 3.8) is 0 Å². The molecule has 0 atom stereocenters. The smallest absolute Gasteiger partial charge is 0.261 e. The number of nitrogens with zero attached hydrogens (tertiary/aromatic N) is 2. The minimum atomic E-state index is -3.43. The van der Waals surface area contributed by atoms with Crippen LogP contribution in [-0.2, 0) is 23.1 Å². The second-order valence-corrected chi connectivity index (χ2v) is 13.6. The summed E-state index contributed by atoms with van der Waals surface area (Å²) in [5.41, 5.74) is 5.40. The first kappa shape index (κ1) is 33.3. The Kier molecular flexibility index (Phi) is 9.96. The average molecular weight is 676 g/mol. The molecule has 5 aromatic carbocycles. The van der Waals surface area contributed by atoms with Crippen LogP contribution in [0.4, 0.5) is 11.4 Å². The van der Waals surface area contributed by atoms with E-state index in [0.29, 0.717) is 60.2 Å². The number of sulfonamides is 1. The van der Waals surface area contributed by atoms with Gasteiger partial charge in [-0.1, -0.05) is 66.7 Å². The fourth-order valence-corrected chi connectivity index (χ4v) is 6.43. The largest absolute Gasteiger partial charge is 0.493 e. The van der Waals surface area contributed by atoms with E-state index in [0.717, 1.165) is 28.6 Å². The second kappa shape index (κ2) is 14.7. The van der Waals surface area contributed by atoms with E-state index in [1.807, 2.05) is 79.7 Å². The number of nitrogens with one attached hydrogen (secondary N) is 1. The summed E-state index contributed by atoms with van der Waals surface area (Å²) in [5.74, 6) is 1.36. The average Bonchev–Trinajstić information content (AvgIpc) is 3.33. The third-order valence-electron chi connectivity index (χ3n) is 8.17. The maximum atomic E-state index is 12.6. The van der Waals surface area contributed by atoms with Crippen LogP contribution in [0.2, 0.25) is 0 Å². The number of hydrogen-bond donors (Lipinski definition) is 1. The number of imide groups is 1. The summed E-state index contributed by atoms with van der Waals surface area (Å²) in [5, 5.41) is 0. The van der Waals surface area contributed by atoms with Crippen LogP contribution < -0.4 is 19.1 Å². The van der Waals surface area contributed by atoms with Gasteiger partial charge in [0.1, 0.15) is 17.2 Å². The molecule has 0 unspecified atom stereocenters. The first-order chi connectivity index (χ1) is 23.6. The molecule has 1 aliphatic heterocycles. The molecular weight excluding hydrogens is 639 g/mol. The van der Waals surface area contributed by atoms with E-state index in [4.69, 9.17) is 9.47 Å². The highest BCUT2D eigenvalue weighted by Gasteiger charge is 2.34. The van der Waals surface area contributed by atoms with Gasteiger partial charge in [0.15, 0.2) is 0 Å². The van der Waals surface area contributed by atoms with E-state index < -0.39 is 10.0 Å². The van der Waals surface area contributed by atoms with E-state index >= 15 is 0 Å². The number of carbonyl (C=O) groups is 2. The van der Waals surface area contributed by atoms with Crippen LogP contribution in [0.5, 0.6) is 17.2 Å². The van der Waals surface area contributed by atoms with Crippen molar-refractivity contribution in [2.24, 2.45) is 0 Å². The molecule has 0 radical (unpaired) electrons. The summed E-state index contributed by atoms with van der Waals surface area (Å²) < 4.78 is 38.7. The van der Waals surface area contributed by atoms with Crippen molar-refractivity contribution in [2.75, 3.05) is 29.0 Å². The van der Waals surface area contributed by atoms with E-state index in [-0.39, 0.29) is 18.4 Å². The molecule has 1 N–H and O–H groups in total. The number of benzene rings is 5. The van der Waals surface area contributed by atoms with Gasteiger partial charge in [-0.25, -0.2) is 8.42 Å². The van der Waals surface area contributed by atoms with Gasteiger partial charge in [-0.3, -0.25) is 19.2 Å². The molecule has 0 saturated carbocycles. The van der Waals surface area contributed by atoms with Crippen LogP contribution in [0.1, 0.15) is 43.8 Å². The number of hydrogen-bond acceptors (Lipinski definition) is 7. The lowest BCUT2D eigenvalue weighted by Gasteiger charge is -2.28. The van der Waals surface area contributed by atoms with Crippen LogP contribution in [0.25, 0.3) is 0 Å². The summed E-state index contributed by atoms with van der Waals surface area (Å²) in [7, 11) is -3.43. The molecule has 0 bridgehead atoms. The summed E-state index contributed by atoms with van der Waals surface area (Å²) in [4.78, 5) is 28.7. The molecule has 10 heteroatoms. The highest BCUT2D eigenvalue weighted by molar-refractivity contribution is 7.92. The van der Waals surface area contributed by atoms with Crippen molar-refractivity contribution in [3.8, 4) is 17.2 Å². The first-order valence-corrected chi connectivity index (χ1v) is 17.8. The maximum Gasteiger partial charge on any atom is 0.261 e. The molecule has 0 aliphatic carbocycles. The predicted molar refractivity (Wildman–Crippen MR) is 191 cm³/mol. The Bertz CT molecular complexity index is 2030. The zero-order chi connectivity index (χ0) is 34.4. The van der Waals surface area contributed by atoms with Gasteiger partial charge in [0.2, 0.25) is 10.0 Å². The number of carbonyl (C=O) groups excluding carboxylic acids is 2. The van der Waals surface area contributed by atoms with Crippen LogP contribution in [0, 0.1) is 6.92 Å². The highest BCUT2D eigenvalue weighted by Crippen LogP contribution is 2.31. The van der Waals surface area contributed by atoms with Gasteiger partial charge in [-0.05, 0) is 78.6 Å². The maximum absolute atomic E-state index is 12.6. The Balaban J connectivity index is 1.08. The topological polar surface area (TPSA) is 105 Å². The van der Waals surface area contributed by atoms with Crippen LogP contribution in [0.3, 0.4) is 0 Å². The van der Waals surface area contributed by atoms with E-state index in [1.165, 1.54) is 4.90 Å². The number of anilines is 2. The fourth-order valence-electron chi connectivity index (χ4n) is 5.81. The lowest BCUT2D eigenvalue weighted by atomic mass is 10.1. The number of amides is 2. The molecule has 250 valence electrons. The molecule has 2 amide bonds. The van der Waals surface area contributed by atoms with Gasteiger partial charge >= 0.3 is 0 Å². The lowest BCUT2D eigenvalue weighted by molar-refractivity contribution is 0.0646. The summed E-state index contributed by atoms with van der Waals surface area (Å²) in [6, 6.07) is 37.8. The van der Waals surface area contributed by atoms with Crippen LogP contribution in [0.15, 0.2) is 121 Å². The number of ether oxygens (including phenoxy) is 2. The van der Waals surface area contributed by atoms with E-state index in [2.05, 4.69) is 21.8 Å². The van der Waals surface area contributed by atoms with Crippen molar-refractivity contribution in [1.82, 2.24) is 4.90 Å². The first-order valence-electron chi connectivity index (χ1n) is 16.0. The van der Waals surface area contributed by atoms with Crippen molar-refractivity contribution < 1.29 is 27.5 Å². The molecule has 0 spiro atoms. The van der Waals surface area contributed by atoms with Crippen LogP contribution >= 0.6 is 0 Å². The van der Waals surface area contributed by atoms with Gasteiger partial charge in [0, 0.05) is 31.4 Å². The second-order valence-electron chi connectivity index (χ2n) is 11.9. The number of rotatable bonds is 14. The van der Waals surface area contributed by atoms with Gasteiger partial charge < -0.3 is 14.4 Å². The van der Waals surface area contributed by atoms with Gasteiger partial charge in [0.05, 0.1) is 29.7 Å². The molecule has 1 heterocycles. The van der Waals surface area contributed by atoms with Gasteiger partial charge in [0.25, 0.3) is 11.8 Å². The molecule has 0 saturated heterocycles. The monoisotopic (exact) mass is 675 g/mol. The van der Waals surface area contributed by atoms with E-state index in [1.54, 1.807) is 36.4 Å². The molecule has 49 heavy (non-hydrogen) atoms. The summed E-state index contributed by atoms with van der Waals surface area (Å²) in [6.45, 7) is 3.75. The Labute approximate surface area is 286 Å². The fraction of sp³-hybridized carbons (Fsp3) is 0.179.